The Balaban J connectivity index is 2.12. The summed E-state index contributed by atoms with van der Waals surface area (Å²) in [7, 11) is 0. The molecular weight excluding hydrogens is 310 g/mol. The molecule has 0 radical (unpaired) electrons. The maximum Gasteiger partial charge on any atom is 0.257 e. The van der Waals surface area contributed by atoms with E-state index < -0.39 is 11.6 Å². The monoisotopic (exact) mass is 327 g/mol. The maximum atomic E-state index is 12.8. The first-order valence-corrected chi connectivity index (χ1v) is 7.94. The Labute approximate surface area is 140 Å². The number of anilines is 1. The zero-order valence-corrected chi connectivity index (χ0v) is 13.6. The molecule has 0 unspecified atom stereocenters. The quantitative estimate of drug-likeness (QED) is 0.868. The number of halogens is 1. The Kier molecular flexibility index (Phi) is 4.00. The first kappa shape index (κ1) is 15.8. The largest absolute Gasteiger partial charge is 0.378 e. The van der Waals surface area contributed by atoms with Crippen LogP contribution in [0.15, 0.2) is 66.7 Å². The van der Waals surface area contributed by atoms with E-state index in [9.17, 15) is 9.90 Å². The highest BCUT2D eigenvalue weighted by molar-refractivity contribution is 6.30. The van der Waals surface area contributed by atoms with Crippen molar-refractivity contribution in [1.29, 1.82) is 0 Å². The SMILES string of the molecule is C=C1C(=O)N(c2ccccc2)[C@@H](CC)[C@]1(O)c1ccc(Cl)cc1. The van der Waals surface area contributed by atoms with Crippen LogP contribution in [0.2, 0.25) is 5.02 Å². The van der Waals surface area contributed by atoms with Crippen molar-refractivity contribution in [2.75, 3.05) is 4.90 Å². The zero-order chi connectivity index (χ0) is 16.6. The number of benzene rings is 2. The number of carbonyl (C=O) groups is 1. The minimum Gasteiger partial charge on any atom is -0.378 e. The molecule has 1 heterocycles. The van der Waals surface area contributed by atoms with Crippen LogP contribution in [-0.2, 0) is 10.4 Å². The number of carbonyl (C=O) groups excluding carboxylic acids is 1. The van der Waals surface area contributed by atoms with Crippen molar-refractivity contribution in [2.45, 2.75) is 25.0 Å². The number of hydrogen-bond acceptors (Lipinski definition) is 2. The second kappa shape index (κ2) is 5.84. The van der Waals surface area contributed by atoms with Gasteiger partial charge in [-0.05, 0) is 36.2 Å². The fourth-order valence-corrected chi connectivity index (χ4v) is 3.40. The summed E-state index contributed by atoms with van der Waals surface area (Å²) >= 11 is 5.94. The fourth-order valence-electron chi connectivity index (χ4n) is 3.27. The summed E-state index contributed by atoms with van der Waals surface area (Å²) in [5.74, 6) is -0.250. The van der Waals surface area contributed by atoms with E-state index in [1.807, 2.05) is 37.3 Å². The Morgan fingerprint density at radius 3 is 2.35 bits per heavy atom. The Morgan fingerprint density at radius 1 is 1.17 bits per heavy atom. The number of rotatable bonds is 3. The first-order chi connectivity index (χ1) is 11.0. The highest BCUT2D eigenvalue weighted by Gasteiger charge is 2.54. The molecule has 3 rings (SSSR count). The van der Waals surface area contributed by atoms with Gasteiger partial charge in [0.2, 0.25) is 0 Å². The van der Waals surface area contributed by atoms with E-state index in [1.165, 1.54) is 0 Å². The summed E-state index contributed by atoms with van der Waals surface area (Å²) in [5, 5.41) is 12.0. The third-order valence-corrected chi connectivity index (χ3v) is 4.69. The summed E-state index contributed by atoms with van der Waals surface area (Å²) in [6.45, 7) is 5.84. The van der Waals surface area contributed by atoms with Gasteiger partial charge in [-0.25, -0.2) is 0 Å². The molecule has 2 aromatic rings. The summed E-state index contributed by atoms with van der Waals surface area (Å²) in [6, 6.07) is 15.9. The smallest absolute Gasteiger partial charge is 0.257 e. The van der Waals surface area contributed by atoms with Crippen molar-refractivity contribution in [3.05, 3.63) is 77.3 Å². The standard InChI is InChI=1S/C19H18ClNO2/c1-3-17-19(23,14-9-11-15(20)12-10-14)13(2)18(22)21(17)16-7-5-4-6-8-16/h4-12,17,23H,2-3H2,1H3/t17-,19+/m0/s1. The average Bonchev–Trinajstić information content (AvgIpc) is 2.77. The lowest BCUT2D eigenvalue weighted by atomic mass is 9.82. The Hall–Kier alpha value is -2.10. The minimum atomic E-state index is -1.42. The van der Waals surface area contributed by atoms with Gasteiger partial charge >= 0.3 is 0 Å². The molecule has 1 aliphatic rings. The molecule has 1 aliphatic heterocycles. The van der Waals surface area contributed by atoms with Crippen LogP contribution >= 0.6 is 11.6 Å². The summed E-state index contributed by atoms with van der Waals surface area (Å²) in [5.41, 5.74) is 0.156. The van der Waals surface area contributed by atoms with Crippen LogP contribution in [0.1, 0.15) is 18.9 Å². The van der Waals surface area contributed by atoms with Gasteiger partial charge in [0.15, 0.2) is 0 Å². The molecule has 3 nitrogen and oxygen atoms in total. The van der Waals surface area contributed by atoms with E-state index in [1.54, 1.807) is 29.2 Å². The Morgan fingerprint density at radius 2 is 1.78 bits per heavy atom. The lowest BCUT2D eigenvalue weighted by Gasteiger charge is -2.33. The molecule has 1 saturated heterocycles. The molecule has 1 N–H and O–H groups in total. The van der Waals surface area contributed by atoms with Gasteiger partial charge in [-0.15, -0.1) is 0 Å². The van der Waals surface area contributed by atoms with Crippen LogP contribution in [0.3, 0.4) is 0 Å². The third kappa shape index (κ3) is 2.37. The van der Waals surface area contributed by atoms with Gasteiger partial charge in [0, 0.05) is 16.3 Å². The molecule has 1 fully saturated rings. The Bertz CT molecular complexity index is 742. The predicted octanol–water partition coefficient (Wildman–Crippen LogP) is 3.91. The molecule has 2 atom stereocenters. The second-order valence-electron chi connectivity index (χ2n) is 5.69. The lowest BCUT2D eigenvalue weighted by Crippen LogP contribution is -2.43. The van der Waals surface area contributed by atoms with Crippen LogP contribution < -0.4 is 4.90 Å². The van der Waals surface area contributed by atoms with Crippen LogP contribution in [0.4, 0.5) is 5.69 Å². The predicted molar refractivity (Wildman–Crippen MR) is 92.5 cm³/mol. The number of nitrogens with zero attached hydrogens (tertiary/aromatic N) is 1. The van der Waals surface area contributed by atoms with Gasteiger partial charge in [-0.2, -0.15) is 0 Å². The zero-order valence-electron chi connectivity index (χ0n) is 12.9. The first-order valence-electron chi connectivity index (χ1n) is 7.56. The fraction of sp³-hybridized carbons (Fsp3) is 0.211. The van der Waals surface area contributed by atoms with E-state index in [2.05, 4.69) is 6.58 Å². The number of aliphatic hydroxyl groups is 1. The van der Waals surface area contributed by atoms with Crippen LogP contribution in [-0.4, -0.2) is 17.1 Å². The van der Waals surface area contributed by atoms with Crippen molar-refractivity contribution in [2.24, 2.45) is 0 Å². The van der Waals surface area contributed by atoms with Gasteiger partial charge < -0.3 is 10.0 Å². The highest BCUT2D eigenvalue weighted by atomic mass is 35.5. The average molecular weight is 328 g/mol. The van der Waals surface area contributed by atoms with Crippen LogP contribution in [0.5, 0.6) is 0 Å². The number of para-hydroxylation sites is 1. The molecule has 2 aromatic carbocycles. The van der Waals surface area contributed by atoms with Crippen molar-refractivity contribution in [3.8, 4) is 0 Å². The molecular formula is C19H18ClNO2. The van der Waals surface area contributed by atoms with E-state index in [0.717, 1.165) is 5.69 Å². The molecule has 4 heteroatoms. The molecule has 0 bridgehead atoms. The van der Waals surface area contributed by atoms with Crippen molar-refractivity contribution in [3.63, 3.8) is 0 Å². The van der Waals surface area contributed by atoms with Gasteiger partial charge in [0.05, 0.1) is 6.04 Å². The number of hydrogen-bond donors (Lipinski definition) is 1. The van der Waals surface area contributed by atoms with Gasteiger partial charge in [0.25, 0.3) is 5.91 Å². The van der Waals surface area contributed by atoms with E-state index >= 15 is 0 Å². The molecule has 0 aliphatic carbocycles. The molecule has 118 valence electrons. The van der Waals surface area contributed by atoms with Crippen LogP contribution in [0.25, 0.3) is 0 Å². The van der Waals surface area contributed by atoms with Gasteiger partial charge in [0.1, 0.15) is 5.60 Å². The third-order valence-electron chi connectivity index (χ3n) is 4.44. The van der Waals surface area contributed by atoms with Crippen molar-refractivity contribution in [1.82, 2.24) is 0 Å². The maximum absolute atomic E-state index is 12.8. The van der Waals surface area contributed by atoms with Gasteiger partial charge in [-0.3, -0.25) is 4.79 Å². The molecule has 0 saturated carbocycles. The summed E-state index contributed by atoms with van der Waals surface area (Å²) < 4.78 is 0. The lowest BCUT2D eigenvalue weighted by molar-refractivity contribution is -0.114. The molecule has 0 spiro atoms. The van der Waals surface area contributed by atoms with Gasteiger partial charge in [-0.1, -0.05) is 55.4 Å². The highest BCUT2D eigenvalue weighted by Crippen LogP contribution is 2.45. The van der Waals surface area contributed by atoms with Crippen molar-refractivity contribution < 1.29 is 9.90 Å². The van der Waals surface area contributed by atoms with E-state index in [0.29, 0.717) is 17.0 Å². The minimum absolute atomic E-state index is 0.190. The molecule has 0 aromatic heterocycles. The second-order valence-corrected chi connectivity index (χ2v) is 6.12. The summed E-state index contributed by atoms with van der Waals surface area (Å²) in [6.07, 6.45) is 0.596. The number of amides is 1. The molecule has 23 heavy (non-hydrogen) atoms. The molecule has 1 amide bonds. The van der Waals surface area contributed by atoms with E-state index in [-0.39, 0.29) is 11.5 Å². The van der Waals surface area contributed by atoms with E-state index in [4.69, 9.17) is 11.6 Å². The van der Waals surface area contributed by atoms with Crippen molar-refractivity contribution >= 4 is 23.2 Å². The normalized spacial score (nSPS) is 24.3. The summed E-state index contributed by atoms with van der Waals surface area (Å²) in [4.78, 5) is 14.4. The van der Waals surface area contributed by atoms with Crippen LogP contribution in [0, 0.1) is 0 Å². The topological polar surface area (TPSA) is 40.5 Å².